The van der Waals surface area contributed by atoms with Crippen LogP contribution in [0.3, 0.4) is 0 Å². The number of carbonyl (C=O) groups is 1. The highest BCUT2D eigenvalue weighted by Crippen LogP contribution is 2.28. The van der Waals surface area contributed by atoms with Crippen LogP contribution in [-0.2, 0) is 13.0 Å². The number of fused-ring (bicyclic) bond motifs is 1. The van der Waals surface area contributed by atoms with E-state index in [2.05, 4.69) is 34.6 Å². The van der Waals surface area contributed by atoms with E-state index in [9.17, 15) is 4.79 Å². The maximum absolute atomic E-state index is 11.6. The molecule has 0 radical (unpaired) electrons. The van der Waals surface area contributed by atoms with Gasteiger partial charge in [0.25, 0.3) is 0 Å². The molecular weight excluding hydrogens is 266 g/mol. The lowest BCUT2D eigenvalue weighted by Crippen LogP contribution is -2.30. The summed E-state index contributed by atoms with van der Waals surface area (Å²) in [6.45, 7) is 3.51. The lowest BCUT2D eigenvalue weighted by molar-refractivity contribution is 0.0923. The van der Waals surface area contributed by atoms with Gasteiger partial charge in [-0.3, -0.25) is 10.2 Å². The zero-order chi connectivity index (χ0) is 14.8. The molecule has 1 aliphatic heterocycles. The standard InChI is InChI=1S/C16H19N3O2/c1-11-9-13(21-15(11)16(20)18-17)10-19-8-4-6-12-5-2-3-7-14(12)19/h2-3,5,7,9H,4,6,8,10,17H2,1H3,(H,18,20). The Kier molecular flexibility index (Phi) is 3.66. The number of furan rings is 1. The van der Waals surface area contributed by atoms with E-state index < -0.39 is 5.91 Å². The number of nitrogens with two attached hydrogens (primary N) is 1. The Morgan fingerprint density at radius 2 is 2.24 bits per heavy atom. The average Bonchev–Trinajstić information content (AvgIpc) is 2.87. The SMILES string of the molecule is Cc1cc(CN2CCCc3ccccc32)oc1C(=O)NN. The first-order valence-corrected chi connectivity index (χ1v) is 7.12. The predicted octanol–water partition coefficient (Wildman–Crippen LogP) is 2.14. The number of benzene rings is 1. The first-order chi connectivity index (χ1) is 10.2. The topological polar surface area (TPSA) is 71.5 Å². The summed E-state index contributed by atoms with van der Waals surface area (Å²) in [5, 5.41) is 0. The van der Waals surface area contributed by atoms with Crippen molar-refractivity contribution in [1.29, 1.82) is 0 Å². The molecule has 0 bridgehead atoms. The van der Waals surface area contributed by atoms with Gasteiger partial charge in [0, 0.05) is 17.8 Å². The van der Waals surface area contributed by atoms with Crippen molar-refractivity contribution < 1.29 is 9.21 Å². The van der Waals surface area contributed by atoms with Crippen molar-refractivity contribution in [3.05, 3.63) is 53.0 Å². The maximum atomic E-state index is 11.6. The van der Waals surface area contributed by atoms with Crippen molar-refractivity contribution in [2.45, 2.75) is 26.3 Å². The number of hydrazine groups is 1. The van der Waals surface area contributed by atoms with Gasteiger partial charge < -0.3 is 9.32 Å². The van der Waals surface area contributed by atoms with E-state index in [4.69, 9.17) is 10.3 Å². The van der Waals surface area contributed by atoms with Gasteiger partial charge in [0.2, 0.25) is 0 Å². The number of nitrogen functional groups attached to an aromatic ring is 1. The van der Waals surface area contributed by atoms with Gasteiger partial charge in [0.05, 0.1) is 6.54 Å². The third-order valence-corrected chi connectivity index (χ3v) is 3.86. The number of anilines is 1. The Bertz CT molecular complexity index is 663. The van der Waals surface area contributed by atoms with Crippen molar-refractivity contribution in [3.63, 3.8) is 0 Å². The van der Waals surface area contributed by atoms with Gasteiger partial charge in [-0.2, -0.15) is 0 Å². The highest BCUT2D eigenvalue weighted by Gasteiger charge is 2.20. The molecule has 0 atom stereocenters. The molecule has 3 rings (SSSR count). The molecule has 1 aliphatic rings. The van der Waals surface area contributed by atoms with Gasteiger partial charge in [0.15, 0.2) is 5.76 Å². The van der Waals surface area contributed by atoms with Gasteiger partial charge in [-0.25, -0.2) is 5.84 Å². The van der Waals surface area contributed by atoms with Gasteiger partial charge in [-0.05, 0) is 37.5 Å². The molecule has 1 amide bonds. The lowest BCUT2D eigenvalue weighted by atomic mass is 10.0. The lowest BCUT2D eigenvalue weighted by Gasteiger charge is -2.30. The first-order valence-electron chi connectivity index (χ1n) is 7.12. The molecular formula is C16H19N3O2. The van der Waals surface area contributed by atoms with Crippen molar-refractivity contribution in [1.82, 2.24) is 5.43 Å². The number of para-hydroxylation sites is 1. The van der Waals surface area contributed by atoms with Crippen LogP contribution in [-0.4, -0.2) is 12.5 Å². The summed E-state index contributed by atoms with van der Waals surface area (Å²) in [5.74, 6) is 5.84. The van der Waals surface area contributed by atoms with Crippen LogP contribution in [0.5, 0.6) is 0 Å². The van der Waals surface area contributed by atoms with Gasteiger partial charge in [0.1, 0.15) is 5.76 Å². The summed E-state index contributed by atoms with van der Waals surface area (Å²) < 4.78 is 5.65. The zero-order valence-electron chi connectivity index (χ0n) is 12.1. The predicted molar refractivity (Wildman–Crippen MR) is 80.9 cm³/mol. The van der Waals surface area contributed by atoms with Gasteiger partial charge >= 0.3 is 5.91 Å². The molecule has 5 nitrogen and oxygen atoms in total. The Labute approximate surface area is 123 Å². The van der Waals surface area contributed by atoms with Crippen LogP contribution >= 0.6 is 0 Å². The van der Waals surface area contributed by atoms with E-state index in [0.717, 1.165) is 30.7 Å². The fourth-order valence-electron chi connectivity index (χ4n) is 2.88. The second-order valence-corrected chi connectivity index (χ2v) is 5.35. The second-order valence-electron chi connectivity index (χ2n) is 5.35. The third kappa shape index (κ3) is 2.64. The van der Waals surface area contributed by atoms with Crippen molar-refractivity contribution in [2.75, 3.05) is 11.4 Å². The minimum absolute atomic E-state index is 0.290. The molecule has 0 fully saturated rings. The number of hydrogen-bond donors (Lipinski definition) is 2. The molecule has 0 aliphatic carbocycles. The van der Waals surface area contributed by atoms with E-state index in [1.165, 1.54) is 11.3 Å². The van der Waals surface area contributed by atoms with Crippen molar-refractivity contribution in [3.8, 4) is 0 Å². The first kappa shape index (κ1) is 13.7. The fourth-order valence-corrected chi connectivity index (χ4v) is 2.88. The van der Waals surface area contributed by atoms with Crippen LogP contribution in [0.1, 0.15) is 33.9 Å². The van der Waals surface area contributed by atoms with Gasteiger partial charge in [-0.15, -0.1) is 0 Å². The Balaban J connectivity index is 1.84. The number of carbonyl (C=O) groups excluding carboxylic acids is 1. The Hall–Kier alpha value is -2.27. The quantitative estimate of drug-likeness (QED) is 0.515. The van der Waals surface area contributed by atoms with Crippen LogP contribution < -0.4 is 16.2 Å². The average molecular weight is 285 g/mol. The molecule has 3 N–H and O–H groups in total. The minimum atomic E-state index is -0.391. The van der Waals surface area contributed by atoms with E-state index in [1.54, 1.807) is 0 Å². The Morgan fingerprint density at radius 1 is 1.43 bits per heavy atom. The van der Waals surface area contributed by atoms with Crippen molar-refractivity contribution in [2.24, 2.45) is 5.84 Å². The molecule has 110 valence electrons. The summed E-state index contributed by atoms with van der Waals surface area (Å²) in [6.07, 6.45) is 2.25. The number of rotatable bonds is 3. The molecule has 21 heavy (non-hydrogen) atoms. The van der Waals surface area contributed by atoms with Crippen LogP contribution in [0, 0.1) is 6.92 Å². The summed E-state index contributed by atoms with van der Waals surface area (Å²) >= 11 is 0. The summed E-state index contributed by atoms with van der Waals surface area (Å²) in [7, 11) is 0. The smallest absolute Gasteiger partial charge is 0.301 e. The molecule has 1 aromatic carbocycles. The maximum Gasteiger partial charge on any atom is 0.301 e. The van der Waals surface area contributed by atoms with Gasteiger partial charge in [-0.1, -0.05) is 18.2 Å². The summed E-state index contributed by atoms with van der Waals surface area (Å²) in [5.41, 5.74) is 5.53. The molecule has 0 saturated carbocycles. The highest BCUT2D eigenvalue weighted by molar-refractivity contribution is 5.92. The van der Waals surface area contributed by atoms with Crippen LogP contribution in [0.4, 0.5) is 5.69 Å². The second kappa shape index (κ2) is 5.61. The van der Waals surface area contributed by atoms with Crippen LogP contribution in [0.2, 0.25) is 0 Å². The van der Waals surface area contributed by atoms with Crippen LogP contribution in [0.25, 0.3) is 0 Å². The normalized spacial score (nSPS) is 13.9. The molecule has 2 aromatic rings. The zero-order valence-corrected chi connectivity index (χ0v) is 12.1. The third-order valence-electron chi connectivity index (χ3n) is 3.86. The number of nitrogens with zero attached hydrogens (tertiary/aromatic N) is 1. The number of amides is 1. The monoisotopic (exact) mass is 285 g/mol. The van der Waals surface area contributed by atoms with E-state index in [1.807, 2.05) is 13.0 Å². The molecule has 2 heterocycles. The summed E-state index contributed by atoms with van der Waals surface area (Å²) in [6, 6.07) is 10.3. The van der Waals surface area contributed by atoms with Crippen molar-refractivity contribution >= 4 is 11.6 Å². The van der Waals surface area contributed by atoms with E-state index >= 15 is 0 Å². The molecule has 5 heteroatoms. The van der Waals surface area contributed by atoms with E-state index in [-0.39, 0.29) is 5.76 Å². The molecule has 0 unspecified atom stereocenters. The van der Waals surface area contributed by atoms with E-state index in [0.29, 0.717) is 6.54 Å². The molecule has 1 aromatic heterocycles. The fraction of sp³-hybridized carbons (Fsp3) is 0.312. The number of aryl methyl sites for hydroxylation is 2. The minimum Gasteiger partial charge on any atom is -0.454 e. The largest absolute Gasteiger partial charge is 0.454 e. The van der Waals surface area contributed by atoms with Crippen LogP contribution in [0.15, 0.2) is 34.7 Å². The molecule has 0 spiro atoms. The Morgan fingerprint density at radius 3 is 3.05 bits per heavy atom. The molecule has 0 saturated heterocycles. The highest BCUT2D eigenvalue weighted by atomic mass is 16.4. The number of hydrogen-bond acceptors (Lipinski definition) is 4. The number of nitrogens with one attached hydrogen (secondary N) is 1. The summed E-state index contributed by atoms with van der Waals surface area (Å²) in [4.78, 5) is 13.9.